The van der Waals surface area contributed by atoms with Crippen LogP contribution in [-0.4, -0.2) is 55.7 Å². The molecule has 0 aliphatic carbocycles. The normalized spacial score (nSPS) is 21.5. The van der Waals surface area contributed by atoms with Crippen molar-refractivity contribution in [3.63, 3.8) is 0 Å². The number of nitrogens with zero attached hydrogens (tertiary/aromatic N) is 3. The van der Waals surface area contributed by atoms with Crippen molar-refractivity contribution < 1.29 is 23.9 Å². The third kappa shape index (κ3) is 4.11. The first-order valence-corrected chi connectivity index (χ1v) is 8.01. The zero-order valence-electron chi connectivity index (χ0n) is 12.5. The summed E-state index contributed by atoms with van der Waals surface area (Å²) in [4.78, 5) is 37.9. The SMILES string of the molecule is Cc1cn(CC(=O)N2C[C@H](O[P+](=O)O)C[C@H]2CO)c(=O)nc1N. The molecule has 0 bridgehead atoms. The lowest BCUT2D eigenvalue weighted by atomic mass is 10.2. The van der Waals surface area contributed by atoms with Gasteiger partial charge in [-0.05, 0) is 6.92 Å². The first-order chi connectivity index (χ1) is 10.8. The first-order valence-electron chi connectivity index (χ1n) is 6.88. The van der Waals surface area contributed by atoms with Crippen LogP contribution < -0.4 is 11.4 Å². The number of aliphatic hydroxyl groups excluding tert-OH is 1. The molecule has 10 nitrogen and oxygen atoms in total. The Balaban J connectivity index is 2.12. The van der Waals surface area contributed by atoms with Crippen molar-refractivity contribution in [1.29, 1.82) is 0 Å². The van der Waals surface area contributed by atoms with Crippen LogP contribution in [0.5, 0.6) is 0 Å². The molecule has 0 radical (unpaired) electrons. The third-order valence-corrected chi connectivity index (χ3v) is 4.15. The van der Waals surface area contributed by atoms with Crippen LogP contribution >= 0.6 is 8.25 Å². The number of aliphatic hydroxyl groups is 1. The lowest BCUT2D eigenvalue weighted by Gasteiger charge is -2.23. The molecule has 4 N–H and O–H groups in total. The van der Waals surface area contributed by atoms with Crippen LogP contribution in [0.15, 0.2) is 11.0 Å². The summed E-state index contributed by atoms with van der Waals surface area (Å²) in [5, 5.41) is 9.36. The number of hydrogen-bond donors (Lipinski definition) is 3. The van der Waals surface area contributed by atoms with Crippen molar-refractivity contribution >= 4 is 20.0 Å². The maximum atomic E-state index is 12.4. The van der Waals surface area contributed by atoms with E-state index in [0.717, 1.165) is 4.57 Å². The van der Waals surface area contributed by atoms with E-state index in [1.165, 1.54) is 11.1 Å². The Morgan fingerprint density at radius 2 is 2.30 bits per heavy atom. The quantitative estimate of drug-likeness (QED) is 0.561. The molecular weight excluding hydrogens is 327 g/mol. The topological polar surface area (TPSA) is 148 Å². The van der Waals surface area contributed by atoms with Gasteiger partial charge in [0.2, 0.25) is 5.91 Å². The lowest BCUT2D eigenvalue weighted by molar-refractivity contribution is -0.133. The predicted molar refractivity (Wildman–Crippen MR) is 79.5 cm³/mol. The molecule has 1 fully saturated rings. The lowest BCUT2D eigenvalue weighted by Crippen LogP contribution is -2.41. The molecule has 2 rings (SSSR count). The number of hydrogen-bond acceptors (Lipinski definition) is 7. The summed E-state index contributed by atoms with van der Waals surface area (Å²) in [6.07, 6.45) is 1.05. The van der Waals surface area contributed by atoms with Gasteiger partial charge < -0.3 is 15.7 Å². The molecule has 11 heteroatoms. The Morgan fingerprint density at radius 1 is 1.61 bits per heavy atom. The van der Waals surface area contributed by atoms with Gasteiger partial charge in [0.25, 0.3) is 0 Å². The van der Waals surface area contributed by atoms with E-state index in [-0.39, 0.29) is 31.9 Å². The molecule has 1 amide bonds. The number of carbonyl (C=O) groups excluding carboxylic acids is 1. The summed E-state index contributed by atoms with van der Waals surface area (Å²) >= 11 is 0. The number of carbonyl (C=O) groups is 1. The molecule has 1 unspecified atom stereocenters. The highest BCUT2D eigenvalue weighted by molar-refractivity contribution is 7.32. The molecule has 23 heavy (non-hydrogen) atoms. The van der Waals surface area contributed by atoms with Crippen LogP contribution in [0.2, 0.25) is 0 Å². The van der Waals surface area contributed by atoms with E-state index in [0.29, 0.717) is 5.56 Å². The van der Waals surface area contributed by atoms with Crippen LogP contribution in [0, 0.1) is 6.92 Å². The highest BCUT2D eigenvalue weighted by Crippen LogP contribution is 2.28. The molecule has 0 spiro atoms. The van der Waals surface area contributed by atoms with Gasteiger partial charge in [0.1, 0.15) is 18.5 Å². The third-order valence-electron chi connectivity index (χ3n) is 3.67. The number of likely N-dealkylation sites (tertiary alicyclic amines) is 1. The van der Waals surface area contributed by atoms with E-state index in [1.807, 2.05) is 0 Å². The fraction of sp³-hybridized carbons (Fsp3) is 0.583. The molecule has 1 aromatic rings. The largest absolute Gasteiger partial charge is 0.695 e. The summed E-state index contributed by atoms with van der Waals surface area (Å²) in [6, 6.07) is -0.527. The van der Waals surface area contributed by atoms with Crippen LogP contribution in [0.3, 0.4) is 0 Å². The van der Waals surface area contributed by atoms with E-state index in [2.05, 4.69) is 4.98 Å². The Hall–Kier alpha value is -1.87. The van der Waals surface area contributed by atoms with Crippen molar-refractivity contribution in [1.82, 2.24) is 14.5 Å². The molecule has 3 atom stereocenters. The number of nitrogen functional groups attached to an aromatic ring is 1. The highest BCUT2D eigenvalue weighted by atomic mass is 31.1. The number of amides is 1. The number of rotatable bonds is 5. The minimum Gasteiger partial charge on any atom is -0.394 e. The molecule has 1 aromatic heterocycles. The minimum atomic E-state index is -2.78. The summed E-state index contributed by atoms with van der Waals surface area (Å²) in [6.45, 7) is 1.17. The van der Waals surface area contributed by atoms with Gasteiger partial charge in [0.05, 0.1) is 19.2 Å². The van der Waals surface area contributed by atoms with Gasteiger partial charge in [-0.25, -0.2) is 4.79 Å². The summed E-state index contributed by atoms with van der Waals surface area (Å²) < 4.78 is 16.6. The number of anilines is 1. The second-order valence-electron chi connectivity index (χ2n) is 5.30. The fourth-order valence-electron chi connectivity index (χ4n) is 2.52. The van der Waals surface area contributed by atoms with Crippen molar-refractivity contribution in [2.24, 2.45) is 0 Å². The van der Waals surface area contributed by atoms with Crippen molar-refractivity contribution in [3.05, 3.63) is 22.2 Å². The minimum absolute atomic E-state index is 0.0713. The fourth-order valence-corrected chi connectivity index (χ4v) is 2.92. The van der Waals surface area contributed by atoms with Gasteiger partial charge in [-0.15, -0.1) is 9.42 Å². The Bertz CT molecular complexity index is 678. The molecule has 0 saturated carbocycles. The molecule has 1 saturated heterocycles. The van der Waals surface area contributed by atoms with Crippen LogP contribution in [0.1, 0.15) is 12.0 Å². The molecule has 1 aliphatic heterocycles. The van der Waals surface area contributed by atoms with Gasteiger partial charge in [-0.3, -0.25) is 9.36 Å². The smallest absolute Gasteiger partial charge is 0.394 e. The number of aryl methyl sites for hydroxylation is 1. The van der Waals surface area contributed by atoms with Crippen LogP contribution in [0.25, 0.3) is 0 Å². The van der Waals surface area contributed by atoms with Gasteiger partial charge in [0.15, 0.2) is 0 Å². The van der Waals surface area contributed by atoms with E-state index in [4.69, 9.17) is 15.2 Å². The van der Waals surface area contributed by atoms with Gasteiger partial charge in [-0.1, -0.05) is 0 Å². The van der Waals surface area contributed by atoms with Crippen molar-refractivity contribution in [3.8, 4) is 0 Å². The zero-order valence-corrected chi connectivity index (χ0v) is 13.3. The summed E-state index contributed by atoms with van der Waals surface area (Å²) in [5.41, 5.74) is 5.45. The van der Waals surface area contributed by atoms with E-state index >= 15 is 0 Å². The monoisotopic (exact) mass is 345 g/mol. The van der Waals surface area contributed by atoms with Gasteiger partial charge >= 0.3 is 13.9 Å². The van der Waals surface area contributed by atoms with Gasteiger partial charge in [-0.2, -0.15) is 4.98 Å². The van der Waals surface area contributed by atoms with Gasteiger partial charge in [0, 0.05) is 22.7 Å². The zero-order chi connectivity index (χ0) is 17.1. The second-order valence-corrected chi connectivity index (χ2v) is 5.99. The maximum Gasteiger partial charge on any atom is 0.695 e. The Morgan fingerprint density at radius 3 is 2.91 bits per heavy atom. The average molecular weight is 345 g/mol. The van der Waals surface area contributed by atoms with E-state index in [1.54, 1.807) is 6.92 Å². The summed E-state index contributed by atoms with van der Waals surface area (Å²) in [5.74, 6) is -0.315. The number of aromatic nitrogens is 2. The predicted octanol–water partition coefficient (Wildman–Crippen LogP) is -1.24. The maximum absolute atomic E-state index is 12.4. The Labute approximate surface area is 132 Å². The van der Waals surface area contributed by atoms with Crippen LogP contribution in [0.4, 0.5) is 5.82 Å². The molecular formula is C12H18N4O6P+. The second kappa shape index (κ2) is 7.14. The molecule has 2 heterocycles. The molecule has 0 aromatic carbocycles. The summed E-state index contributed by atoms with van der Waals surface area (Å²) in [7, 11) is -2.78. The molecule has 1 aliphatic rings. The molecule has 126 valence electrons. The first kappa shape index (κ1) is 17.5. The highest BCUT2D eigenvalue weighted by Gasteiger charge is 2.39. The van der Waals surface area contributed by atoms with Crippen molar-refractivity contribution in [2.45, 2.75) is 32.0 Å². The standard InChI is InChI=1S/C12H17N4O6P/c1-7-3-15(12(19)14-11(7)13)5-10(18)16-4-9(22-23(20)21)2-8(16)6-17/h3,8-9,17H,2,4-6H2,1H3,(H2-,13,14,19,20,21)/p+1/t8-,9+/m0/s1. The van der Waals surface area contributed by atoms with E-state index < -0.39 is 32.0 Å². The van der Waals surface area contributed by atoms with E-state index in [9.17, 15) is 19.3 Å². The Kier molecular flexibility index (Phi) is 5.42. The average Bonchev–Trinajstić information content (AvgIpc) is 2.86. The number of nitrogens with two attached hydrogens (primary N) is 1. The van der Waals surface area contributed by atoms with Crippen LogP contribution in [-0.2, 0) is 20.4 Å². The van der Waals surface area contributed by atoms with Crippen molar-refractivity contribution in [2.75, 3.05) is 18.9 Å².